The molecule has 3 aromatic carbocycles. The topological polar surface area (TPSA) is 61.4 Å². The normalized spacial score (nSPS) is 16.5. The number of carbonyl (C=O) groups is 2. The number of rotatable bonds is 7. The molecule has 1 fully saturated rings. The first-order valence-electron chi connectivity index (χ1n) is 10.7. The number of carbonyl (C=O) groups excluding carboxylic acids is 2. The summed E-state index contributed by atoms with van der Waals surface area (Å²) in [5.41, 5.74) is 4.51. The molecular formula is C26H27N3O2. The van der Waals surface area contributed by atoms with Gasteiger partial charge in [-0.05, 0) is 22.3 Å². The van der Waals surface area contributed by atoms with Gasteiger partial charge in [0.1, 0.15) is 0 Å². The van der Waals surface area contributed by atoms with Crippen LogP contribution in [0, 0.1) is 0 Å². The molecule has 5 heteroatoms. The molecule has 1 aliphatic rings. The summed E-state index contributed by atoms with van der Waals surface area (Å²) in [5, 5.41) is 5.83. The van der Waals surface area contributed by atoms with Gasteiger partial charge >= 0.3 is 0 Å². The molecule has 5 nitrogen and oxygen atoms in total. The van der Waals surface area contributed by atoms with E-state index in [9.17, 15) is 9.59 Å². The molecule has 1 saturated heterocycles. The van der Waals surface area contributed by atoms with Crippen molar-refractivity contribution >= 4 is 11.8 Å². The van der Waals surface area contributed by atoms with E-state index in [1.807, 2.05) is 48.5 Å². The van der Waals surface area contributed by atoms with Crippen LogP contribution in [0.5, 0.6) is 0 Å². The maximum Gasteiger partial charge on any atom is 0.237 e. The maximum absolute atomic E-state index is 12.5. The fourth-order valence-corrected chi connectivity index (χ4v) is 3.89. The quantitative estimate of drug-likeness (QED) is 0.624. The largest absolute Gasteiger partial charge is 0.353 e. The van der Waals surface area contributed by atoms with Gasteiger partial charge in [0.15, 0.2) is 0 Å². The van der Waals surface area contributed by atoms with E-state index in [0.717, 1.165) is 23.2 Å². The monoisotopic (exact) mass is 413 g/mol. The van der Waals surface area contributed by atoms with Gasteiger partial charge in [-0.3, -0.25) is 14.5 Å². The van der Waals surface area contributed by atoms with Crippen molar-refractivity contribution < 1.29 is 9.59 Å². The highest BCUT2D eigenvalue weighted by Gasteiger charge is 2.31. The Hall–Kier alpha value is -3.44. The Morgan fingerprint density at radius 2 is 1.52 bits per heavy atom. The van der Waals surface area contributed by atoms with E-state index in [-0.39, 0.29) is 18.2 Å². The Balaban J connectivity index is 1.38. The van der Waals surface area contributed by atoms with Gasteiger partial charge in [0.2, 0.25) is 11.8 Å². The van der Waals surface area contributed by atoms with E-state index in [4.69, 9.17) is 0 Å². The molecule has 3 aromatic rings. The Kier molecular flexibility index (Phi) is 6.75. The van der Waals surface area contributed by atoms with Crippen molar-refractivity contribution in [3.05, 3.63) is 96.1 Å². The molecule has 0 aromatic heterocycles. The molecule has 0 unspecified atom stereocenters. The number of hydrogen-bond acceptors (Lipinski definition) is 3. The van der Waals surface area contributed by atoms with E-state index in [1.165, 1.54) is 5.56 Å². The third-order valence-corrected chi connectivity index (χ3v) is 5.60. The van der Waals surface area contributed by atoms with Crippen molar-refractivity contribution in [2.45, 2.75) is 25.6 Å². The van der Waals surface area contributed by atoms with Crippen LogP contribution < -0.4 is 10.6 Å². The predicted molar refractivity (Wildman–Crippen MR) is 122 cm³/mol. The average molecular weight is 414 g/mol. The Morgan fingerprint density at radius 1 is 0.871 bits per heavy atom. The summed E-state index contributed by atoms with van der Waals surface area (Å²) in [6, 6.07) is 28.0. The number of hydrogen-bond donors (Lipinski definition) is 2. The third kappa shape index (κ3) is 5.58. The second kappa shape index (κ2) is 10.0. The van der Waals surface area contributed by atoms with Gasteiger partial charge in [-0.2, -0.15) is 0 Å². The van der Waals surface area contributed by atoms with Gasteiger partial charge in [0.25, 0.3) is 0 Å². The number of nitrogens with zero attached hydrogens (tertiary/aromatic N) is 1. The van der Waals surface area contributed by atoms with Gasteiger partial charge in [0, 0.05) is 26.2 Å². The first-order valence-corrected chi connectivity index (χ1v) is 10.7. The molecule has 1 aliphatic heterocycles. The predicted octanol–water partition coefficient (Wildman–Crippen LogP) is 3.36. The molecule has 1 heterocycles. The lowest BCUT2D eigenvalue weighted by Gasteiger charge is -2.34. The summed E-state index contributed by atoms with van der Waals surface area (Å²) in [4.78, 5) is 27.1. The number of benzene rings is 3. The highest BCUT2D eigenvalue weighted by Crippen LogP contribution is 2.21. The lowest BCUT2D eigenvalue weighted by molar-refractivity contribution is -0.134. The molecule has 0 aliphatic carbocycles. The van der Waals surface area contributed by atoms with E-state index in [1.54, 1.807) is 0 Å². The smallest absolute Gasteiger partial charge is 0.237 e. The fourth-order valence-electron chi connectivity index (χ4n) is 3.89. The second-order valence-electron chi connectivity index (χ2n) is 7.81. The van der Waals surface area contributed by atoms with Crippen molar-refractivity contribution in [2.75, 3.05) is 13.1 Å². The zero-order valence-electron chi connectivity index (χ0n) is 17.5. The van der Waals surface area contributed by atoms with Crippen molar-refractivity contribution in [3.63, 3.8) is 0 Å². The third-order valence-electron chi connectivity index (χ3n) is 5.60. The number of nitrogens with one attached hydrogen (secondary N) is 2. The minimum Gasteiger partial charge on any atom is -0.353 e. The Bertz CT molecular complexity index is 1000. The summed E-state index contributed by atoms with van der Waals surface area (Å²) >= 11 is 0. The first-order chi connectivity index (χ1) is 15.2. The molecule has 0 saturated carbocycles. The van der Waals surface area contributed by atoms with E-state index >= 15 is 0 Å². The lowest BCUT2D eigenvalue weighted by Crippen LogP contribution is -2.56. The summed E-state index contributed by atoms with van der Waals surface area (Å²) < 4.78 is 0. The average Bonchev–Trinajstić information content (AvgIpc) is 2.82. The molecule has 4 rings (SSSR count). The zero-order chi connectivity index (χ0) is 21.5. The second-order valence-corrected chi connectivity index (χ2v) is 7.81. The van der Waals surface area contributed by atoms with E-state index in [2.05, 4.69) is 51.9 Å². The standard InChI is InChI=1S/C26H27N3O2/c30-25(28-18-20-7-3-1-4-8-20)17-24-26(31)27-15-16-29(24)19-21-11-13-23(14-12-21)22-9-5-2-6-10-22/h1-14,24H,15-19H2,(H,27,31)(H,28,30)/t24-/m1/s1. The van der Waals surface area contributed by atoms with Crippen molar-refractivity contribution in [3.8, 4) is 11.1 Å². The fraction of sp³-hybridized carbons (Fsp3) is 0.231. The van der Waals surface area contributed by atoms with Crippen LogP contribution in [0.1, 0.15) is 17.5 Å². The first kappa shape index (κ1) is 20.8. The number of amides is 2. The minimum atomic E-state index is -0.460. The van der Waals surface area contributed by atoms with Crippen LogP contribution in [0.15, 0.2) is 84.9 Å². The molecule has 0 radical (unpaired) electrons. The lowest BCUT2D eigenvalue weighted by atomic mass is 10.0. The molecule has 2 N–H and O–H groups in total. The van der Waals surface area contributed by atoms with Gasteiger partial charge < -0.3 is 10.6 Å². The summed E-state index contributed by atoms with van der Waals surface area (Å²) in [5.74, 6) is -0.197. The minimum absolute atomic E-state index is 0.0815. The highest BCUT2D eigenvalue weighted by atomic mass is 16.2. The van der Waals surface area contributed by atoms with Crippen molar-refractivity contribution in [1.82, 2.24) is 15.5 Å². The van der Waals surface area contributed by atoms with Gasteiger partial charge in [-0.15, -0.1) is 0 Å². The number of piperazine rings is 1. The van der Waals surface area contributed by atoms with Crippen LogP contribution in [0.4, 0.5) is 0 Å². The zero-order valence-corrected chi connectivity index (χ0v) is 17.5. The summed E-state index contributed by atoms with van der Waals surface area (Å²) in [6.45, 7) is 2.43. The molecule has 0 bridgehead atoms. The van der Waals surface area contributed by atoms with Crippen LogP contribution >= 0.6 is 0 Å². The van der Waals surface area contributed by atoms with Crippen molar-refractivity contribution in [1.29, 1.82) is 0 Å². The summed E-state index contributed by atoms with van der Waals surface area (Å²) in [7, 11) is 0. The molecule has 2 amide bonds. The highest BCUT2D eigenvalue weighted by molar-refractivity contribution is 5.88. The maximum atomic E-state index is 12.5. The van der Waals surface area contributed by atoms with E-state index in [0.29, 0.717) is 19.6 Å². The molecule has 1 atom stereocenters. The summed E-state index contributed by atoms with van der Waals surface area (Å²) in [6.07, 6.45) is 0.154. The van der Waals surface area contributed by atoms with Crippen LogP contribution in [0.25, 0.3) is 11.1 Å². The van der Waals surface area contributed by atoms with Crippen LogP contribution in [0.2, 0.25) is 0 Å². The molecule has 158 valence electrons. The molecular weight excluding hydrogens is 386 g/mol. The molecule has 0 spiro atoms. The Labute approximate surface area is 183 Å². The van der Waals surface area contributed by atoms with Crippen molar-refractivity contribution in [2.24, 2.45) is 0 Å². The van der Waals surface area contributed by atoms with E-state index < -0.39 is 6.04 Å². The van der Waals surface area contributed by atoms with Crippen LogP contribution in [-0.4, -0.2) is 35.8 Å². The van der Waals surface area contributed by atoms with Gasteiger partial charge in [0.05, 0.1) is 12.5 Å². The SMILES string of the molecule is O=C(C[C@@H]1C(=O)NCCN1Cc1ccc(-c2ccccc2)cc1)NCc1ccccc1. The Morgan fingerprint density at radius 3 is 2.23 bits per heavy atom. The van der Waals surface area contributed by atoms with Gasteiger partial charge in [-0.1, -0.05) is 84.9 Å². The molecule has 31 heavy (non-hydrogen) atoms. The van der Waals surface area contributed by atoms with Gasteiger partial charge in [-0.25, -0.2) is 0 Å². The van der Waals surface area contributed by atoms with Crippen LogP contribution in [-0.2, 0) is 22.7 Å². The van der Waals surface area contributed by atoms with Crippen LogP contribution in [0.3, 0.4) is 0 Å².